The number of halogens is 1. The Morgan fingerprint density at radius 2 is 1.83 bits per heavy atom. The Morgan fingerprint density at radius 1 is 1.21 bits per heavy atom. The highest BCUT2D eigenvalue weighted by molar-refractivity contribution is 5.94. The fourth-order valence-electron chi connectivity index (χ4n) is 2.29. The second kappa shape index (κ2) is 11.9. The molecule has 0 fully saturated rings. The highest BCUT2D eigenvalue weighted by Crippen LogP contribution is 2.13. The van der Waals surface area contributed by atoms with Crippen molar-refractivity contribution in [3.8, 4) is 5.75 Å². The standard InChI is InChI=1S/C18H28N2O3.ClH/c1-13(2)11-16(12-19)20-18(22)5-4-10-23-17-8-6-15(7-9-17)14(3)21;/h6-9,13,16H,4-5,10-12,19H2,1-3H3,(H,20,22);1H. The zero-order chi connectivity index (χ0) is 17.2. The van der Waals surface area contributed by atoms with E-state index >= 15 is 0 Å². The molecule has 0 saturated carbocycles. The molecular formula is C18H29ClN2O3. The summed E-state index contributed by atoms with van der Waals surface area (Å²) in [4.78, 5) is 23.0. The zero-order valence-corrected chi connectivity index (χ0v) is 15.5. The Hall–Kier alpha value is -1.59. The average Bonchev–Trinajstić information content (AvgIpc) is 2.50. The number of benzene rings is 1. The highest BCUT2D eigenvalue weighted by Gasteiger charge is 2.12. The summed E-state index contributed by atoms with van der Waals surface area (Å²) >= 11 is 0. The number of hydrogen-bond donors (Lipinski definition) is 2. The second-order valence-corrected chi connectivity index (χ2v) is 6.16. The molecule has 0 radical (unpaired) electrons. The van der Waals surface area contributed by atoms with E-state index in [2.05, 4.69) is 19.2 Å². The minimum atomic E-state index is 0. The lowest BCUT2D eigenvalue weighted by Crippen LogP contribution is -2.41. The van der Waals surface area contributed by atoms with Crippen molar-refractivity contribution < 1.29 is 14.3 Å². The van der Waals surface area contributed by atoms with E-state index in [0.29, 0.717) is 43.2 Å². The van der Waals surface area contributed by atoms with Gasteiger partial charge in [-0.15, -0.1) is 12.4 Å². The van der Waals surface area contributed by atoms with Crippen LogP contribution in [0.2, 0.25) is 0 Å². The van der Waals surface area contributed by atoms with Gasteiger partial charge in [-0.2, -0.15) is 0 Å². The van der Waals surface area contributed by atoms with Gasteiger partial charge in [0.1, 0.15) is 5.75 Å². The minimum absolute atomic E-state index is 0. The topological polar surface area (TPSA) is 81.4 Å². The van der Waals surface area contributed by atoms with Crippen LogP contribution in [-0.4, -0.2) is 30.9 Å². The van der Waals surface area contributed by atoms with Crippen molar-refractivity contribution in [3.05, 3.63) is 29.8 Å². The molecule has 0 aliphatic carbocycles. The summed E-state index contributed by atoms with van der Waals surface area (Å²) < 4.78 is 5.57. The predicted octanol–water partition coefficient (Wildman–Crippen LogP) is 2.96. The lowest BCUT2D eigenvalue weighted by molar-refractivity contribution is -0.122. The Kier molecular flexibility index (Phi) is 11.1. The molecule has 1 unspecified atom stereocenters. The molecule has 6 heteroatoms. The van der Waals surface area contributed by atoms with E-state index in [0.717, 1.165) is 6.42 Å². The van der Waals surface area contributed by atoms with Crippen LogP contribution in [0.3, 0.4) is 0 Å². The van der Waals surface area contributed by atoms with Crippen LogP contribution in [0.5, 0.6) is 5.75 Å². The monoisotopic (exact) mass is 356 g/mol. The van der Waals surface area contributed by atoms with Gasteiger partial charge in [0.05, 0.1) is 6.61 Å². The molecule has 1 atom stereocenters. The van der Waals surface area contributed by atoms with Crippen molar-refractivity contribution in [2.24, 2.45) is 11.7 Å². The fourth-order valence-corrected chi connectivity index (χ4v) is 2.29. The van der Waals surface area contributed by atoms with Gasteiger partial charge in [0, 0.05) is 24.6 Å². The number of carbonyl (C=O) groups excluding carboxylic acids is 2. The molecule has 5 nitrogen and oxygen atoms in total. The number of hydrogen-bond acceptors (Lipinski definition) is 4. The van der Waals surface area contributed by atoms with Gasteiger partial charge in [-0.1, -0.05) is 13.8 Å². The van der Waals surface area contributed by atoms with E-state index in [-0.39, 0.29) is 30.1 Å². The molecular weight excluding hydrogens is 328 g/mol. The van der Waals surface area contributed by atoms with Crippen LogP contribution in [-0.2, 0) is 4.79 Å². The van der Waals surface area contributed by atoms with Crippen molar-refractivity contribution in [3.63, 3.8) is 0 Å². The Balaban J connectivity index is 0.00000529. The zero-order valence-electron chi connectivity index (χ0n) is 14.7. The number of nitrogens with one attached hydrogen (secondary N) is 1. The molecule has 0 spiro atoms. The maximum absolute atomic E-state index is 11.9. The molecule has 0 aliphatic heterocycles. The van der Waals surface area contributed by atoms with Gasteiger partial charge >= 0.3 is 0 Å². The highest BCUT2D eigenvalue weighted by atomic mass is 35.5. The van der Waals surface area contributed by atoms with E-state index in [9.17, 15) is 9.59 Å². The molecule has 1 amide bonds. The molecule has 0 aliphatic rings. The van der Waals surface area contributed by atoms with Gasteiger partial charge in [-0.3, -0.25) is 9.59 Å². The van der Waals surface area contributed by atoms with E-state index < -0.39 is 0 Å². The van der Waals surface area contributed by atoms with Gasteiger partial charge in [0.25, 0.3) is 0 Å². The van der Waals surface area contributed by atoms with Gasteiger partial charge in [-0.05, 0) is 49.9 Å². The third kappa shape index (κ3) is 8.89. The summed E-state index contributed by atoms with van der Waals surface area (Å²) in [6.45, 7) is 6.68. The molecule has 136 valence electrons. The quantitative estimate of drug-likeness (QED) is 0.499. The number of Topliss-reactive ketones (excluding diaryl/α,β-unsaturated/α-hetero) is 1. The van der Waals surface area contributed by atoms with Gasteiger partial charge < -0.3 is 15.8 Å². The van der Waals surface area contributed by atoms with Crippen LogP contribution < -0.4 is 15.8 Å². The Labute approximate surface area is 150 Å². The smallest absolute Gasteiger partial charge is 0.220 e. The van der Waals surface area contributed by atoms with E-state index in [1.54, 1.807) is 24.3 Å². The Bertz CT molecular complexity index is 503. The first kappa shape index (κ1) is 22.4. The van der Waals surface area contributed by atoms with Crippen LogP contribution >= 0.6 is 12.4 Å². The summed E-state index contributed by atoms with van der Waals surface area (Å²) in [5.74, 6) is 1.25. The van der Waals surface area contributed by atoms with Crippen molar-refractivity contribution in [1.82, 2.24) is 5.32 Å². The summed E-state index contributed by atoms with van der Waals surface area (Å²) in [5.41, 5.74) is 6.33. The van der Waals surface area contributed by atoms with E-state index in [1.807, 2.05) is 0 Å². The van der Waals surface area contributed by atoms with Crippen molar-refractivity contribution in [2.75, 3.05) is 13.2 Å². The third-order valence-corrected chi connectivity index (χ3v) is 3.48. The normalized spacial score (nSPS) is 11.5. The lowest BCUT2D eigenvalue weighted by atomic mass is 10.0. The van der Waals surface area contributed by atoms with Crippen LogP contribution in [0.1, 0.15) is 50.4 Å². The molecule has 1 aromatic rings. The summed E-state index contributed by atoms with van der Waals surface area (Å²) in [6, 6.07) is 7.06. The van der Waals surface area contributed by atoms with Crippen LogP contribution in [0, 0.1) is 5.92 Å². The van der Waals surface area contributed by atoms with Crippen molar-refractivity contribution >= 4 is 24.1 Å². The molecule has 1 rings (SSSR count). The number of carbonyl (C=O) groups is 2. The van der Waals surface area contributed by atoms with E-state index in [1.165, 1.54) is 6.92 Å². The summed E-state index contributed by atoms with van der Waals surface area (Å²) in [6.07, 6.45) is 1.95. The molecule has 0 heterocycles. The fraction of sp³-hybridized carbons (Fsp3) is 0.556. The first-order valence-corrected chi connectivity index (χ1v) is 8.15. The maximum atomic E-state index is 11.9. The first-order chi connectivity index (χ1) is 10.9. The molecule has 0 aromatic heterocycles. The maximum Gasteiger partial charge on any atom is 0.220 e. The number of nitrogens with two attached hydrogens (primary N) is 1. The summed E-state index contributed by atoms with van der Waals surface area (Å²) in [7, 11) is 0. The van der Waals surface area contributed by atoms with Crippen LogP contribution in [0.4, 0.5) is 0 Å². The molecule has 0 bridgehead atoms. The van der Waals surface area contributed by atoms with Crippen molar-refractivity contribution in [2.45, 2.75) is 46.1 Å². The molecule has 0 saturated heterocycles. The molecule has 24 heavy (non-hydrogen) atoms. The summed E-state index contributed by atoms with van der Waals surface area (Å²) in [5, 5.41) is 2.96. The third-order valence-electron chi connectivity index (χ3n) is 3.48. The number of ether oxygens (including phenoxy) is 1. The molecule has 3 N–H and O–H groups in total. The number of rotatable bonds is 10. The lowest BCUT2D eigenvalue weighted by Gasteiger charge is -2.18. The van der Waals surface area contributed by atoms with Gasteiger partial charge in [0.15, 0.2) is 5.78 Å². The molecule has 1 aromatic carbocycles. The SMILES string of the molecule is CC(=O)c1ccc(OCCCC(=O)NC(CN)CC(C)C)cc1.Cl. The van der Waals surface area contributed by atoms with Crippen LogP contribution in [0.25, 0.3) is 0 Å². The van der Waals surface area contributed by atoms with Crippen molar-refractivity contribution in [1.29, 1.82) is 0 Å². The minimum Gasteiger partial charge on any atom is -0.494 e. The predicted molar refractivity (Wildman–Crippen MR) is 98.9 cm³/mol. The largest absolute Gasteiger partial charge is 0.494 e. The first-order valence-electron chi connectivity index (χ1n) is 8.15. The number of ketones is 1. The number of amides is 1. The second-order valence-electron chi connectivity index (χ2n) is 6.16. The van der Waals surface area contributed by atoms with E-state index in [4.69, 9.17) is 10.5 Å². The Morgan fingerprint density at radius 3 is 2.33 bits per heavy atom. The van der Waals surface area contributed by atoms with Gasteiger partial charge in [-0.25, -0.2) is 0 Å². The van der Waals surface area contributed by atoms with Crippen LogP contribution in [0.15, 0.2) is 24.3 Å². The average molecular weight is 357 g/mol. The van der Waals surface area contributed by atoms with Gasteiger partial charge in [0.2, 0.25) is 5.91 Å².